The third-order valence-electron chi connectivity index (χ3n) is 2.15. The molecule has 0 spiro atoms. The zero-order chi connectivity index (χ0) is 12.5. The number of aldehydes is 1. The lowest BCUT2D eigenvalue weighted by Crippen LogP contribution is -1.71. The number of fused-ring (bicyclic) bond motifs is 1. The average molecular weight is 313 g/mol. The van der Waals surface area contributed by atoms with Gasteiger partial charge in [0.2, 0.25) is 0 Å². The van der Waals surface area contributed by atoms with E-state index in [4.69, 9.17) is 11.6 Å². The van der Waals surface area contributed by atoms with Gasteiger partial charge in [-0.1, -0.05) is 23.7 Å². The Hall–Kier alpha value is -0.950. The van der Waals surface area contributed by atoms with Gasteiger partial charge in [-0.25, -0.2) is 9.97 Å². The third kappa shape index (κ3) is 2.29. The van der Waals surface area contributed by atoms with Crippen molar-refractivity contribution in [1.82, 2.24) is 9.97 Å². The molecular weight excluding hydrogens is 308 g/mol. The molecule has 0 aliphatic heterocycles. The lowest BCUT2D eigenvalue weighted by atomic mass is 10.3. The Balaban J connectivity index is 1.93. The summed E-state index contributed by atoms with van der Waals surface area (Å²) in [5, 5.41) is 0.263. The van der Waals surface area contributed by atoms with Crippen molar-refractivity contribution in [3.05, 3.63) is 34.3 Å². The highest BCUT2D eigenvalue weighted by Gasteiger charge is 2.12. The summed E-state index contributed by atoms with van der Waals surface area (Å²) in [7, 11) is 0. The van der Waals surface area contributed by atoms with E-state index in [-0.39, 0.29) is 5.15 Å². The minimum Gasteiger partial charge on any atom is -0.297 e. The van der Waals surface area contributed by atoms with Crippen LogP contribution in [0.2, 0.25) is 5.15 Å². The maximum absolute atomic E-state index is 10.7. The van der Waals surface area contributed by atoms with Crippen molar-refractivity contribution in [1.29, 1.82) is 0 Å². The number of benzene rings is 1. The van der Waals surface area contributed by atoms with E-state index in [1.807, 2.05) is 24.3 Å². The quantitative estimate of drug-likeness (QED) is 0.673. The lowest BCUT2D eigenvalue weighted by molar-refractivity contribution is 0.112. The van der Waals surface area contributed by atoms with Crippen molar-refractivity contribution < 1.29 is 4.79 Å². The number of hydrogen-bond donors (Lipinski definition) is 0. The number of hydrogen-bond acceptors (Lipinski definition) is 6. The van der Waals surface area contributed by atoms with E-state index in [0.29, 0.717) is 4.88 Å². The molecular formula is C11H5ClN2OS3. The summed E-state index contributed by atoms with van der Waals surface area (Å²) in [6.45, 7) is 0. The zero-order valence-electron chi connectivity index (χ0n) is 8.79. The smallest absolute Gasteiger partial charge is 0.163 e. The highest BCUT2D eigenvalue weighted by Crippen LogP contribution is 2.37. The van der Waals surface area contributed by atoms with Gasteiger partial charge in [-0.05, 0) is 23.9 Å². The molecule has 3 aromatic rings. The first-order valence-corrected chi connectivity index (χ1v) is 7.74. The first-order valence-electron chi connectivity index (χ1n) is 4.91. The van der Waals surface area contributed by atoms with Crippen LogP contribution < -0.4 is 0 Å². The van der Waals surface area contributed by atoms with Crippen LogP contribution in [0, 0.1) is 0 Å². The van der Waals surface area contributed by atoms with E-state index in [9.17, 15) is 4.79 Å². The molecule has 0 aliphatic carbocycles. The van der Waals surface area contributed by atoms with Crippen LogP contribution in [0.1, 0.15) is 9.67 Å². The Labute approximate surface area is 120 Å². The maximum atomic E-state index is 10.7. The second-order valence-electron chi connectivity index (χ2n) is 3.30. The fourth-order valence-corrected chi connectivity index (χ4v) is 4.86. The molecule has 0 N–H and O–H groups in total. The first-order chi connectivity index (χ1) is 8.76. The second kappa shape index (κ2) is 4.97. The Morgan fingerprint density at radius 3 is 2.67 bits per heavy atom. The van der Waals surface area contributed by atoms with Crippen LogP contribution in [0.15, 0.2) is 32.9 Å². The second-order valence-corrected chi connectivity index (χ2v) is 7.22. The number of thiazole rings is 2. The molecule has 0 saturated heterocycles. The number of aromatic nitrogens is 2. The molecule has 0 radical (unpaired) electrons. The SMILES string of the molecule is O=Cc1sc(Sc2nc3ccccc3s2)nc1Cl. The molecule has 90 valence electrons. The Bertz CT molecular complexity index is 689. The molecule has 2 heterocycles. The highest BCUT2D eigenvalue weighted by atomic mass is 35.5. The average Bonchev–Trinajstić information content (AvgIpc) is 2.92. The normalized spacial score (nSPS) is 10.9. The molecule has 3 nitrogen and oxygen atoms in total. The fraction of sp³-hybridized carbons (Fsp3) is 0. The van der Waals surface area contributed by atoms with Gasteiger partial charge >= 0.3 is 0 Å². The van der Waals surface area contributed by atoms with Crippen molar-refractivity contribution in [2.45, 2.75) is 8.68 Å². The predicted octanol–water partition coefficient (Wildman–Crippen LogP) is 4.37. The van der Waals surface area contributed by atoms with Crippen LogP contribution in [-0.4, -0.2) is 16.3 Å². The lowest BCUT2D eigenvalue weighted by Gasteiger charge is -1.87. The van der Waals surface area contributed by atoms with E-state index in [1.165, 1.54) is 23.1 Å². The molecule has 2 aromatic heterocycles. The van der Waals surface area contributed by atoms with Gasteiger partial charge in [0.25, 0.3) is 0 Å². The molecule has 0 fully saturated rings. The fourth-order valence-electron chi connectivity index (χ4n) is 1.38. The number of nitrogens with zero attached hydrogens (tertiary/aromatic N) is 2. The van der Waals surface area contributed by atoms with Crippen LogP contribution >= 0.6 is 46.0 Å². The number of carbonyl (C=O) groups excluding carboxylic acids is 1. The van der Waals surface area contributed by atoms with E-state index < -0.39 is 0 Å². The van der Waals surface area contributed by atoms with Crippen molar-refractivity contribution in [2.24, 2.45) is 0 Å². The zero-order valence-corrected chi connectivity index (χ0v) is 12.0. The minimum atomic E-state index is 0.263. The Kier molecular flexibility index (Phi) is 3.34. The summed E-state index contributed by atoms with van der Waals surface area (Å²) in [6.07, 6.45) is 0.725. The van der Waals surface area contributed by atoms with E-state index >= 15 is 0 Å². The van der Waals surface area contributed by atoms with E-state index in [0.717, 1.165) is 25.2 Å². The molecule has 0 unspecified atom stereocenters. The Morgan fingerprint density at radius 1 is 1.17 bits per heavy atom. The summed E-state index contributed by atoms with van der Waals surface area (Å²) >= 11 is 10.1. The van der Waals surface area contributed by atoms with Gasteiger partial charge in [-0.15, -0.1) is 22.7 Å². The molecule has 0 saturated carbocycles. The van der Waals surface area contributed by atoms with Crippen LogP contribution in [0.25, 0.3) is 10.2 Å². The Morgan fingerprint density at radius 2 is 1.94 bits per heavy atom. The number of para-hydroxylation sites is 1. The van der Waals surface area contributed by atoms with Crippen LogP contribution in [0.3, 0.4) is 0 Å². The summed E-state index contributed by atoms with van der Waals surface area (Å²) in [5.41, 5.74) is 0.975. The van der Waals surface area contributed by atoms with Gasteiger partial charge in [-0.3, -0.25) is 4.79 Å². The summed E-state index contributed by atoms with van der Waals surface area (Å²) in [4.78, 5) is 19.8. The molecule has 3 rings (SSSR count). The van der Waals surface area contributed by atoms with Crippen LogP contribution in [0.4, 0.5) is 0 Å². The van der Waals surface area contributed by atoms with Gasteiger partial charge in [0.05, 0.1) is 10.2 Å². The first kappa shape index (κ1) is 12.1. The van der Waals surface area contributed by atoms with Gasteiger partial charge in [0, 0.05) is 0 Å². The third-order valence-corrected chi connectivity index (χ3v) is 5.68. The standard InChI is InChI=1S/C11H5ClN2OS3/c12-9-8(5-15)17-11(14-9)18-10-13-6-3-1-2-4-7(6)16-10/h1-5H. The largest absolute Gasteiger partial charge is 0.297 e. The van der Waals surface area contributed by atoms with Crippen LogP contribution in [-0.2, 0) is 0 Å². The van der Waals surface area contributed by atoms with E-state index in [1.54, 1.807) is 11.3 Å². The summed E-state index contributed by atoms with van der Waals surface area (Å²) in [6, 6.07) is 7.95. The van der Waals surface area contributed by atoms with Gasteiger partial charge in [-0.2, -0.15) is 0 Å². The number of halogens is 1. The molecule has 7 heteroatoms. The summed E-state index contributed by atoms with van der Waals surface area (Å²) < 4.78 is 2.78. The molecule has 0 amide bonds. The number of rotatable bonds is 3. The summed E-state index contributed by atoms with van der Waals surface area (Å²) in [5.74, 6) is 0. The van der Waals surface area contributed by atoms with Crippen LogP contribution in [0.5, 0.6) is 0 Å². The molecule has 0 atom stereocenters. The topological polar surface area (TPSA) is 42.9 Å². The van der Waals surface area contributed by atoms with Crippen molar-refractivity contribution in [3.63, 3.8) is 0 Å². The number of carbonyl (C=O) groups is 1. The maximum Gasteiger partial charge on any atom is 0.163 e. The van der Waals surface area contributed by atoms with Gasteiger partial charge in [0.1, 0.15) is 4.88 Å². The molecule has 0 aliphatic rings. The van der Waals surface area contributed by atoms with Crippen molar-refractivity contribution in [2.75, 3.05) is 0 Å². The van der Waals surface area contributed by atoms with Crippen molar-refractivity contribution in [3.8, 4) is 0 Å². The highest BCUT2D eigenvalue weighted by molar-refractivity contribution is 8.02. The molecule has 18 heavy (non-hydrogen) atoms. The monoisotopic (exact) mass is 312 g/mol. The molecule has 1 aromatic carbocycles. The van der Waals surface area contributed by atoms with Crippen molar-refractivity contribution >= 4 is 62.5 Å². The van der Waals surface area contributed by atoms with E-state index in [2.05, 4.69) is 9.97 Å². The minimum absolute atomic E-state index is 0.263. The predicted molar refractivity (Wildman–Crippen MR) is 76.3 cm³/mol. The van der Waals surface area contributed by atoms with Gasteiger partial charge in [0.15, 0.2) is 20.1 Å². The van der Waals surface area contributed by atoms with Gasteiger partial charge < -0.3 is 0 Å². The molecule has 0 bridgehead atoms.